The van der Waals surface area contributed by atoms with Crippen LogP contribution in [0.4, 0.5) is 17.1 Å². The molecule has 7 rings (SSSR count). The molecule has 0 unspecified atom stereocenters. The molecule has 0 aliphatic rings. The Labute approximate surface area is 257 Å². The van der Waals surface area contributed by atoms with Crippen LogP contribution < -0.4 is 16.0 Å². The molecule has 216 valence electrons. The van der Waals surface area contributed by atoms with Gasteiger partial charge in [-0.3, -0.25) is 29.3 Å². The summed E-state index contributed by atoms with van der Waals surface area (Å²) in [7, 11) is 0. The topological polar surface area (TPSA) is 126 Å². The number of carbonyl (C=O) groups is 3. The molecule has 4 aromatic carbocycles. The van der Waals surface area contributed by atoms with Gasteiger partial charge in [-0.1, -0.05) is 54.6 Å². The number of pyridine rings is 3. The van der Waals surface area contributed by atoms with E-state index in [0.29, 0.717) is 17.1 Å². The van der Waals surface area contributed by atoms with Gasteiger partial charge in [0.05, 0.1) is 52.2 Å². The van der Waals surface area contributed by atoms with E-state index in [1.54, 1.807) is 18.6 Å². The lowest BCUT2D eigenvalue weighted by Gasteiger charge is -2.12. The van der Waals surface area contributed by atoms with Crippen LogP contribution >= 0.6 is 0 Å². The maximum absolute atomic E-state index is 13.5. The van der Waals surface area contributed by atoms with Crippen LogP contribution in [0.3, 0.4) is 0 Å². The maximum atomic E-state index is 13.5. The van der Waals surface area contributed by atoms with Crippen molar-refractivity contribution in [2.24, 2.45) is 0 Å². The molecule has 9 heteroatoms. The monoisotopic (exact) mass is 588 g/mol. The number of nitrogens with one attached hydrogen (secondary N) is 3. The second-order valence-corrected chi connectivity index (χ2v) is 10.4. The number of nitrogens with zero attached hydrogens (tertiary/aromatic N) is 3. The summed E-state index contributed by atoms with van der Waals surface area (Å²) in [5, 5.41) is 11.1. The second kappa shape index (κ2) is 11.7. The van der Waals surface area contributed by atoms with Crippen molar-refractivity contribution in [2.45, 2.75) is 0 Å². The maximum Gasteiger partial charge on any atom is 0.255 e. The zero-order valence-corrected chi connectivity index (χ0v) is 23.7. The molecule has 0 spiro atoms. The van der Waals surface area contributed by atoms with Crippen LogP contribution in [0.1, 0.15) is 31.1 Å². The lowest BCUT2D eigenvalue weighted by atomic mass is 10.0. The Hall–Kier alpha value is -6.48. The number of carbonyl (C=O) groups excluding carboxylic acids is 3. The Morgan fingerprint density at radius 3 is 1.00 bits per heavy atom. The summed E-state index contributed by atoms with van der Waals surface area (Å²) in [6.07, 6.45) is 4.68. The van der Waals surface area contributed by atoms with Gasteiger partial charge in [-0.05, 0) is 54.6 Å². The van der Waals surface area contributed by atoms with Gasteiger partial charge in [0.2, 0.25) is 0 Å². The Morgan fingerprint density at radius 2 is 0.689 bits per heavy atom. The summed E-state index contributed by atoms with van der Waals surface area (Å²) < 4.78 is 0. The zero-order chi connectivity index (χ0) is 30.8. The van der Waals surface area contributed by atoms with Gasteiger partial charge in [0.25, 0.3) is 17.7 Å². The molecule has 0 aliphatic carbocycles. The van der Waals surface area contributed by atoms with Crippen LogP contribution in [0.2, 0.25) is 0 Å². The smallest absolute Gasteiger partial charge is 0.255 e. The zero-order valence-electron chi connectivity index (χ0n) is 23.7. The number of para-hydroxylation sites is 3. The molecule has 0 saturated carbocycles. The fourth-order valence-corrected chi connectivity index (χ4v) is 5.05. The van der Waals surface area contributed by atoms with E-state index >= 15 is 0 Å². The summed E-state index contributed by atoms with van der Waals surface area (Å²) in [6, 6.07) is 32.4. The van der Waals surface area contributed by atoms with E-state index in [0.717, 1.165) is 32.7 Å². The lowest BCUT2D eigenvalue weighted by Crippen LogP contribution is -2.19. The third-order valence-electron chi connectivity index (χ3n) is 7.26. The third-order valence-corrected chi connectivity index (χ3v) is 7.26. The average molecular weight is 589 g/mol. The molecule has 0 aliphatic heterocycles. The van der Waals surface area contributed by atoms with Crippen LogP contribution in [0.5, 0.6) is 0 Å². The van der Waals surface area contributed by atoms with Crippen molar-refractivity contribution in [3.63, 3.8) is 0 Å². The van der Waals surface area contributed by atoms with Crippen LogP contribution in [0, 0.1) is 0 Å². The Balaban J connectivity index is 1.21. The fourth-order valence-electron chi connectivity index (χ4n) is 5.05. The summed E-state index contributed by atoms with van der Waals surface area (Å²) in [5.74, 6) is -1.51. The highest BCUT2D eigenvalue weighted by atomic mass is 16.2. The Morgan fingerprint density at radius 1 is 0.400 bits per heavy atom. The number of aromatic nitrogens is 3. The highest BCUT2D eigenvalue weighted by Crippen LogP contribution is 2.22. The number of fused-ring (bicyclic) bond motifs is 3. The molecule has 7 aromatic rings. The molecule has 9 nitrogen and oxygen atoms in total. The molecular weight excluding hydrogens is 564 g/mol. The summed E-state index contributed by atoms with van der Waals surface area (Å²) in [4.78, 5) is 53.7. The molecule has 0 saturated heterocycles. The normalized spacial score (nSPS) is 10.9. The number of rotatable bonds is 6. The van der Waals surface area contributed by atoms with E-state index in [1.165, 1.54) is 18.2 Å². The first-order valence-electron chi connectivity index (χ1n) is 14.1. The van der Waals surface area contributed by atoms with E-state index in [2.05, 4.69) is 30.9 Å². The molecule has 0 atom stereocenters. The fraction of sp³-hybridized carbons (Fsp3) is 0. The SMILES string of the molecule is O=C(Nc1cnc2ccccc2c1)c1cc(C(=O)Nc2cnc3ccccc3c2)cc(C(=O)Nc2cnc3ccccc3c2)c1. The van der Waals surface area contributed by atoms with Crippen LogP contribution in [-0.4, -0.2) is 32.7 Å². The van der Waals surface area contributed by atoms with Crippen molar-refractivity contribution in [1.29, 1.82) is 0 Å². The highest BCUT2D eigenvalue weighted by Gasteiger charge is 2.18. The minimum Gasteiger partial charge on any atom is -0.321 e. The third kappa shape index (κ3) is 5.91. The van der Waals surface area contributed by atoms with Gasteiger partial charge in [0, 0.05) is 32.8 Å². The molecule has 3 N–H and O–H groups in total. The van der Waals surface area contributed by atoms with Crippen molar-refractivity contribution in [3.8, 4) is 0 Å². The summed E-state index contributed by atoms with van der Waals surface area (Å²) >= 11 is 0. The van der Waals surface area contributed by atoms with Crippen molar-refractivity contribution < 1.29 is 14.4 Å². The quantitative estimate of drug-likeness (QED) is 0.190. The standard InChI is InChI=1S/C36H24N6O3/c43-34(40-28-16-22-7-1-4-10-31(22)37-19-28)25-13-26(35(44)41-29-17-23-8-2-5-11-32(23)38-20-29)15-27(14-25)36(45)42-30-18-24-9-3-6-12-33(24)39-21-30/h1-21H,(H,40,43)(H,41,44)(H,42,45). The van der Waals surface area contributed by atoms with E-state index in [9.17, 15) is 14.4 Å². The van der Waals surface area contributed by atoms with Crippen LogP contribution in [0.25, 0.3) is 32.7 Å². The average Bonchev–Trinajstić information content (AvgIpc) is 3.08. The van der Waals surface area contributed by atoms with Crippen molar-refractivity contribution in [3.05, 3.63) is 144 Å². The first-order chi connectivity index (χ1) is 22.0. The number of hydrogen-bond donors (Lipinski definition) is 3. The van der Waals surface area contributed by atoms with E-state index in [-0.39, 0.29) is 16.7 Å². The van der Waals surface area contributed by atoms with Gasteiger partial charge in [-0.2, -0.15) is 0 Å². The van der Waals surface area contributed by atoms with E-state index in [1.807, 2.05) is 91.0 Å². The number of amides is 3. The van der Waals surface area contributed by atoms with Gasteiger partial charge in [0.15, 0.2) is 0 Å². The summed E-state index contributed by atoms with van der Waals surface area (Å²) in [5.41, 5.74) is 4.16. The van der Waals surface area contributed by atoms with Gasteiger partial charge < -0.3 is 16.0 Å². The molecule has 3 amide bonds. The molecule has 3 heterocycles. The molecule has 0 radical (unpaired) electrons. The molecule has 0 fully saturated rings. The van der Waals surface area contributed by atoms with E-state index in [4.69, 9.17) is 0 Å². The predicted molar refractivity (Wildman–Crippen MR) is 176 cm³/mol. The first kappa shape index (κ1) is 27.4. The predicted octanol–water partition coefficient (Wildman–Crippen LogP) is 7.09. The second-order valence-electron chi connectivity index (χ2n) is 10.4. The van der Waals surface area contributed by atoms with Crippen LogP contribution in [-0.2, 0) is 0 Å². The highest BCUT2D eigenvalue weighted by molar-refractivity contribution is 6.13. The van der Waals surface area contributed by atoms with Crippen molar-refractivity contribution in [2.75, 3.05) is 16.0 Å². The van der Waals surface area contributed by atoms with Crippen LogP contribution in [0.15, 0.2) is 128 Å². The molecule has 45 heavy (non-hydrogen) atoms. The number of anilines is 3. The first-order valence-corrected chi connectivity index (χ1v) is 14.1. The molecule has 3 aromatic heterocycles. The van der Waals surface area contributed by atoms with Gasteiger partial charge >= 0.3 is 0 Å². The molecule has 0 bridgehead atoms. The number of hydrogen-bond acceptors (Lipinski definition) is 6. The number of benzene rings is 4. The summed E-state index contributed by atoms with van der Waals surface area (Å²) in [6.45, 7) is 0. The van der Waals surface area contributed by atoms with E-state index < -0.39 is 17.7 Å². The van der Waals surface area contributed by atoms with Crippen molar-refractivity contribution in [1.82, 2.24) is 15.0 Å². The minimum absolute atomic E-state index is 0.120. The largest absolute Gasteiger partial charge is 0.321 e. The lowest BCUT2D eigenvalue weighted by molar-refractivity contribution is 0.102. The Bertz CT molecular complexity index is 2020. The Kier molecular flexibility index (Phi) is 7.09. The minimum atomic E-state index is -0.504. The van der Waals surface area contributed by atoms with Gasteiger partial charge in [-0.15, -0.1) is 0 Å². The van der Waals surface area contributed by atoms with Crippen molar-refractivity contribution >= 4 is 67.5 Å². The van der Waals surface area contributed by atoms with Gasteiger partial charge in [-0.25, -0.2) is 0 Å². The molecular formula is C36H24N6O3. The van der Waals surface area contributed by atoms with Gasteiger partial charge in [0.1, 0.15) is 0 Å².